The molecule has 3 rings (SSSR count). The molecule has 0 N–H and O–H groups in total. The summed E-state index contributed by atoms with van der Waals surface area (Å²) in [6.45, 7) is 1.86. The van der Waals surface area contributed by atoms with Crippen LogP contribution < -0.4 is 0 Å². The van der Waals surface area contributed by atoms with Gasteiger partial charge in [-0.05, 0) is 24.6 Å². The largest absolute Gasteiger partial charge is 0.298 e. The van der Waals surface area contributed by atoms with Crippen LogP contribution in [0.25, 0.3) is 22.0 Å². The van der Waals surface area contributed by atoms with E-state index in [1.54, 1.807) is 24.3 Å². The van der Waals surface area contributed by atoms with Gasteiger partial charge in [0.15, 0.2) is 5.16 Å². The van der Waals surface area contributed by atoms with Gasteiger partial charge in [-0.2, -0.15) is 8.42 Å². The van der Waals surface area contributed by atoms with Crippen molar-refractivity contribution in [3.63, 3.8) is 0 Å². The van der Waals surface area contributed by atoms with Crippen molar-refractivity contribution in [2.24, 2.45) is 0 Å². The van der Waals surface area contributed by atoms with Crippen LogP contribution >= 0.6 is 11.8 Å². The van der Waals surface area contributed by atoms with Gasteiger partial charge in [0.1, 0.15) is 4.90 Å². The molecule has 0 bridgehead atoms. The minimum absolute atomic E-state index is 0.133. The zero-order chi connectivity index (χ0) is 17.3. The molecular weight excluding hydrogens is 344 g/mol. The summed E-state index contributed by atoms with van der Waals surface area (Å²) in [4.78, 5) is 8.93. The fraction of sp³-hybridized carbons (Fsp3) is 0.176. The smallest absolute Gasteiger partial charge is 0.270 e. The van der Waals surface area contributed by atoms with E-state index in [-0.39, 0.29) is 4.90 Å². The maximum Gasteiger partial charge on any atom is 0.298 e. The van der Waals surface area contributed by atoms with E-state index in [1.165, 1.54) is 18.9 Å². The summed E-state index contributed by atoms with van der Waals surface area (Å²) < 4.78 is 30.0. The maximum absolute atomic E-state index is 12.6. The van der Waals surface area contributed by atoms with Crippen molar-refractivity contribution in [3.05, 3.63) is 48.2 Å². The maximum atomic E-state index is 12.6. The van der Waals surface area contributed by atoms with Gasteiger partial charge in [-0.15, -0.1) is 0 Å². The highest BCUT2D eigenvalue weighted by molar-refractivity contribution is 7.98. The van der Waals surface area contributed by atoms with Crippen LogP contribution in [-0.4, -0.2) is 31.8 Å². The molecule has 0 aliphatic carbocycles. The van der Waals surface area contributed by atoms with E-state index in [0.29, 0.717) is 21.8 Å². The lowest BCUT2D eigenvalue weighted by atomic mass is 10.0. The Morgan fingerprint density at radius 2 is 1.83 bits per heavy atom. The van der Waals surface area contributed by atoms with Gasteiger partial charge in [-0.25, -0.2) is 9.97 Å². The molecule has 0 aliphatic heterocycles. The number of fused-ring (bicyclic) bond motifs is 1. The molecule has 7 heteroatoms. The minimum atomic E-state index is -3.90. The third-order valence-corrected chi connectivity index (χ3v) is 5.57. The highest BCUT2D eigenvalue weighted by Crippen LogP contribution is 2.34. The van der Waals surface area contributed by atoms with Crippen molar-refractivity contribution < 1.29 is 12.6 Å². The summed E-state index contributed by atoms with van der Waals surface area (Å²) in [7, 11) is -2.74. The third kappa shape index (κ3) is 3.02. The summed E-state index contributed by atoms with van der Waals surface area (Å²) in [5.41, 5.74) is 1.85. The van der Waals surface area contributed by atoms with Gasteiger partial charge in [-0.3, -0.25) is 4.18 Å². The Morgan fingerprint density at radius 1 is 1.08 bits per heavy atom. The van der Waals surface area contributed by atoms with Gasteiger partial charge in [0.05, 0.1) is 12.8 Å². The van der Waals surface area contributed by atoms with Crippen molar-refractivity contribution in [1.29, 1.82) is 0 Å². The van der Waals surface area contributed by atoms with Gasteiger partial charge in [0, 0.05) is 16.6 Å². The molecule has 0 aliphatic rings. The van der Waals surface area contributed by atoms with Gasteiger partial charge < -0.3 is 0 Å². The van der Waals surface area contributed by atoms with Crippen molar-refractivity contribution in [2.75, 3.05) is 13.4 Å². The number of hydrogen-bond donors (Lipinski definition) is 0. The van der Waals surface area contributed by atoms with Crippen LogP contribution in [-0.2, 0) is 14.3 Å². The van der Waals surface area contributed by atoms with E-state index >= 15 is 0 Å². The van der Waals surface area contributed by atoms with Crippen molar-refractivity contribution in [3.8, 4) is 11.3 Å². The van der Waals surface area contributed by atoms with Gasteiger partial charge in [-0.1, -0.05) is 48.2 Å². The molecule has 5 nitrogen and oxygen atoms in total. The molecule has 0 saturated heterocycles. The quantitative estimate of drug-likeness (QED) is 0.402. The first-order valence-corrected chi connectivity index (χ1v) is 9.82. The van der Waals surface area contributed by atoms with Crippen LogP contribution in [0.3, 0.4) is 0 Å². The van der Waals surface area contributed by atoms with Crippen LogP contribution in [0.4, 0.5) is 0 Å². The van der Waals surface area contributed by atoms with Crippen LogP contribution in [0, 0.1) is 6.92 Å². The van der Waals surface area contributed by atoms with Crippen molar-refractivity contribution in [2.45, 2.75) is 17.0 Å². The first-order valence-electron chi connectivity index (χ1n) is 7.18. The SMILES string of the molecule is COS(=O)(=O)c1c(-c2cc(C)nc(SC)n2)ccc2ccccc12. The predicted octanol–water partition coefficient (Wildman–Crippen LogP) is 3.66. The molecule has 1 heterocycles. The minimum Gasteiger partial charge on any atom is -0.270 e. The highest BCUT2D eigenvalue weighted by atomic mass is 32.2. The Labute approximate surface area is 145 Å². The van der Waals surface area contributed by atoms with E-state index in [2.05, 4.69) is 9.97 Å². The molecule has 0 amide bonds. The van der Waals surface area contributed by atoms with Gasteiger partial charge >= 0.3 is 0 Å². The van der Waals surface area contributed by atoms with Crippen molar-refractivity contribution in [1.82, 2.24) is 9.97 Å². The zero-order valence-electron chi connectivity index (χ0n) is 13.5. The van der Waals surface area contributed by atoms with E-state index in [9.17, 15) is 8.42 Å². The number of hydrogen-bond acceptors (Lipinski definition) is 6. The van der Waals surface area contributed by atoms with E-state index < -0.39 is 10.1 Å². The van der Waals surface area contributed by atoms with E-state index in [0.717, 1.165) is 11.1 Å². The molecule has 0 unspecified atom stereocenters. The monoisotopic (exact) mass is 360 g/mol. The summed E-state index contributed by atoms with van der Waals surface area (Å²) >= 11 is 1.41. The fourth-order valence-corrected chi connectivity index (χ4v) is 4.06. The molecule has 2 aromatic carbocycles. The summed E-state index contributed by atoms with van der Waals surface area (Å²) in [6.07, 6.45) is 1.88. The standard InChI is InChI=1S/C17H16N2O3S2/c1-11-10-15(19-17(18-11)23-3)14-9-8-12-6-4-5-7-13(12)16(14)24(20,21)22-2/h4-10H,1-3H3. The molecule has 0 radical (unpaired) electrons. The number of nitrogens with zero attached hydrogens (tertiary/aromatic N) is 2. The fourth-order valence-electron chi connectivity index (χ4n) is 2.57. The first-order chi connectivity index (χ1) is 11.5. The number of benzene rings is 2. The predicted molar refractivity (Wildman–Crippen MR) is 95.7 cm³/mol. The second-order valence-electron chi connectivity index (χ2n) is 5.17. The van der Waals surface area contributed by atoms with Crippen LogP contribution in [0.5, 0.6) is 0 Å². The Balaban J connectivity index is 2.41. The third-order valence-electron chi connectivity index (χ3n) is 3.64. The number of aromatic nitrogens is 2. The van der Waals surface area contributed by atoms with Crippen molar-refractivity contribution >= 4 is 32.7 Å². The Bertz CT molecular complexity index is 1020. The second kappa shape index (κ2) is 6.51. The van der Waals surface area contributed by atoms with E-state index in [4.69, 9.17) is 4.18 Å². The lowest BCUT2D eigenvalue weighted by Gasteiger charge is -2.13. The Morgan fingerprint density at radius 3 is 2.54 bits per heavy atom. The highest BCUT2D eigenvalue weighted by Gasteiger charge is 2.23. The summed E-state index contributed by atoms with van der Waals surface area (Å²) in [5.74, 6) is 0. The molecule has 0 atom stereocenters. The average molecular weight is 360 g/mol. The molecule has 0 fully saturated rings. The lowest BCUT2D eigenvalue weighted by Crippen LogP contribution is -2.07. The number of thioether (sulfide) groups is 1. The first kappa shape index (κ1) is 16.9. The zero-order valence-corrected chi connectivity index (χ0v) is 15.1. The number of rotatable bonds is 4. The average Bonchev–Trinajstić information content (AvgIpc) is 2.60. The normalized spacial score (nSPS) is 11.8. The molecule has 3 aromatic rings. The Hall–Kier alpha value is -1.96. The van der Waals surface area contributed by atoms with Crippen LogP contribution in [0.2, 0.25) is 0 Å². The summed E-state index contributed by atoms with van der Waals surface area (Å²) in [6, 6.07) is 12.7. The Kier molecular flexibility index (Phi) is 4.58. The van der Waals surface area contributed by atoms with Gasteiger partial charge in [0.25, 0.3) is 10.1 Å². The second-order valence-corrected chi connectivity index (χ2v) is 7.59. The topological polar surface area (TPSA) is 69.2 Å². The van der Waals surface area contributed by atoms with Crippen LogP contribution in [0.1, 0.15) is 5.69 Å². The lowest BCUT2D eigenvalue weighted by molar-refractivity contribution is 0.398. The summed E-state index contributed by atoms with van der Waals surface area (Å²) in [5, 5.41) is 2.03. The molecule has 24 heavy (non-hydrogen) atoms. The van der Waals surface area contributed by atoms with Gasteiger partial charge in [0.2, 0.25) is 0 Å². The van der Waals surface area contributed by atoms with E-state index in [1.807, 2.05) is 31.4 Å². The van der Waals surface area contributed by atoms with Crippen LogP contribution in [0.15, 0.2) is 52.5 Å². The number of aryl methyl sites for hydroxylation is 1. The molecular formula is C17H16N2O3S2. The molecule has 0 spiro atoms. The molecule has 1 aromatic heterocycles. The molecule has 0 saturated carbocycles. The molecule has 124 valence electrons.